The van der Waals surface area contributed by atoms with Crippen molar-refractivity contribution in [2.75, 3.05) is 26.3 Å². The number of hydrogen-bond acceptors (Lipinski definition) is 8. The predicted molar refractivity (Wildman–Crippen MR) is 142 cm³/mol. The quantitative estimate of drug-likeness (QED) is 0.232. The molecule has 4 heterocycles. The Morgan fingerprint density at radius 3 is 2.76 bits per heavy atom. The Bertz CT molecular complexity index is 1460. The van der Waals surface area contributed by atoms with Crippen molar-refractivity contribution in [2.45, 2.75) is 26.5 Å². The van der Waals surface area contributed by atoms with Crippen LogP contribution in [0.2, 0.25) is 5.15 Å². The molecule has 1 N–H and O–H groups in total. The van der Waals surface area contributed by atoms with E-state index in [2.05, 4.69) is 15.4 Å². The number of nitrogens with one attached hydrogen (secondary N) is 1. The fourth-order valence-electron chi connectivity index (χ4n) is 4.48. The number of nitrogens with zero attached hydrogens (tertiary/aromatic N) is 5. The average Bonchev–Trinajstić information content (AvgIpc) is 3.43. The SMILES string of the molecule is CCn1nc(Cl)c2c1-c1cnc(NCOP(OC)OC)c(c1)OCc1cc(F)ccc1-c1nn(C)cc1C2. The van der Waals surface area contributed by atoms with Gasteiger partial charge in [0.25, 0.3) is 0 Å². The van der Waals surface area contributed by atoms with Gasteiger partial charge in [0.15, 0.2) is 16.7 Å². The lowest BCUT2D eigenvalue weighted by atomic mass is 9.97. The van der Waals surface area contributed by atoms with Gasteiger partial charge in [0, 0.05) is 74.4 Å². The highest BCUT2D eigenvalue weighted by Crippen LogP contribution is 2.39. The average molecular weight is 561 g/mol. The van der Waals surface area contributed by atoms with E-state index < -0.39 is 8.60 Å². The summed E-state index contributed by atoms with van der Waals surface area (Å²) in [7, 11) is 3.37. The lowest BCUT2D eigenvalue weighted by Crippen LogP contribution is -2.10. The predicted octanol–water partition coefficient (Wildman–Crippen LogP) is 5.55. The molecule has 38 heavy (non-hydrogen) atoms. The third kappa shape index (κ3) is 5.25. The van der Waals surface area contributed by atoms with Gasteiger partial charge in [0.05, 0.1) is 11.4 Å². The molecule has 0 amide bonds. The second-order valence-electron chi connectivity index (χ2n) is 8.49. The van der Waals surface area contributed by atoms with Crippen LogP contribution < -0.4 is 10.1 Å². The van der Waals surface area contributed by atoms with Gasteiger partial charge in [0.1, 0.15) is 19.2 Å². The van der Waals surface area contributed by atoms with Gasteiger partial charge in [0.2, 0.25) is 0 Å². The van der Waals surface area contributed by atoms with Crippen molar-refractivity contribution >= 4 is 26.0 Å². The zero-order valence-electron chi connectivity index (χ0n) is 21.4. The van der Waals surface area contributed by atoms with E-state index in [1.807, 2.05) is 30.9 Å². The van der Waals surface area contributed by atoms with E-state index >= 15 is 0 Å². The molecule has 1 aliphatic heterocycles. The Hall–Kier alpha value is -3.08. The van der Waals surface area contributed by atoms with E-state index in [1.165, 1.54) is 26.4 Å². The molecule has 0 aliphatic carbocycles. The minimum atomic E-state index is -1.49. The number of rotatable bonds is 7. The van der Waals surface area contributed by atoms with Crippen LogP contribution in [0.5, 0.6) is 5.75 Å². The molecular weight excluding hydrogens is 534 g/mol. The molecule has 0 saturated carbocycles. The van der Waals surface area contributed by atoms with E-state index in [1.54, 1.807) is 16.9 Å². The first-order valence-electron chi connectivity index (χ1n) is 11.9. The normalized spacial score (nSPS) is 12.7. The van der Waals surface area contributed by atoms with Gasteiger partial charge in [-0.25, -0.2) is 9.37 Å². The van der Waals surface area contributed by atoms with Crippen LogP contribution in [0.3, 0.4) is 0 Å². The molecule has 2 bridgehead atoms. The van der Waals surface area contributed by atoms with Crippen molar-refractivity contribution in [1.82, 2.24) is 24.5 Å². The zero-order valence-corrected chi connectivity index (χ0v) is 23.0. The van der Waals surface area contributed by atoms with E-state index in [0.717, 1.165) is 33.6 Å². The van der Waals surface area contributed by atoms with Crippen LogP contribution in [0, 0.1) is 5.82 Å². The number of benzene rings is 1. The van der Waals surface area contributed by atoms with Crippen molar-refractivity contribution in [1.29, 1.82) is 0 Å². The number of aromatic nitrogens is 5. The Balaban J connectivity index is 1.64. The number of fused-ring (bicyclic) bond motifs is 7. The highest BCUT2D eigenvalue weighted by atomic mass is 35.5. The molecular formula is C25H27ClFN6O4P. The first kappa shape index (κ1) is 26.5. The molecule has 0 atom stereocenters. The highest BCUT2D eigenvalue weighted by molar-refractivity contribution is 7.41. The number of ether oxygens (including phenoxy) is 1. The smallest absolute Gasteiger partial charge is 0.333 e. The Labute approximate surface area is 225 Å². The van der Waals surface area contributed by atoms with E-state index in [0.29, 0.717) is 35.2 Å². The van der Waals surface area contributed by atoms with Crippen LogP contribution in [0.1, 0.15) is 23.6 Å². The maximum absolute atomic E-state index is 14.4. The van der Waals surface area contributed by atoms with Crippen molar-refractivity contribution in [2.24, 2.45) is 7.05 Å². The topological polar surface area (TPSA) is 97.5 Å². The summed E-state index contributed by atoms with van der Waals surface area (Å²) in [4.78, 5) is 4.62. The Kier molecular flexibility index (Phi) is 7.92. The summed E-state index contributed by atoms with van der Waals surface area (Å²) in [5, 5.41) is 12.8. The molecule has 5 rings (SSSR count). The standard InChI is InChI=1S/C25H27ClFN6O4P/c1-5-33-23-15-10-21(25(28-11-15)29-14-37-38(34-3)35-4)36-13-17-8-18(27)6-7-19(17)22-16(12-32(2)30-22)9-20(23)24(26)31-33/h6-8,10-12H,5,9,13-14H2,1-4H3,(H,28,29). The third-order valence-electron chi connectivity index (χ3n) is 6.11. The first-order chi connectivity index (χ1) is 18.4. The molecule has 10 nitrogen and oxygen atoms in total. The molecule has 0 radical (unpaired) electrons. The van der Waals surface area contributed by atoms with Crippen LogP contribution in [-0.4, -0.2) is 45.5 Å². The first-order valence-corrected chi connectivity index (χ1v) is 13.3. The van der Waals surface area contributed by atoms with Crippen molar-refractivity contribution in [3.63, 3.8) is 0 Å². The zero-order chi connectivity index (χ0) is 26.8. The molecule has 3 aromatic heterocycles. The maximum Gasteiger partial charge on any atom is 0.333 e. The largest absolute Gasteiger partial charge is 0.485 e. The monoisotopic (exact) mass is 560 g/mol. The Morgan fingerprint density at radius 1 is 1.18 bits per heavy atom. The van der Waals surface area contributed by atoms with Gasteiger partial charge in [-0.2, -0.15) is 10.2 Å². The molecule has 1 aromatic carbocycles. The summed E-state index contributed by atoms with van der Waals surface area (Å²) < 4.78 is 40.0. The summed E-state index contributed by atoms with van der Waals surface area (Å²) >= 11 is 6.69. The van der Waals surface area contributed by atoms with E-state index in [4.69, 9.17) is 35.0 Å². The minimum Gasteiger partial charge on any atom is -0.485 e. The van der Waals surface area contributed by atoms with Crippen LogP contribution in [0.25, 0.3) is 22.5 Å². The van der Waals surface area contributed by atoms with Gasteiger partial charge in [-0.3, -0.25) is 13.9 Å². The summed E-state index contributed by atoms with van der Waals surface area (Å²) in [6.45, 7) is 2.77. The minimum absolute atomic E-state index is 0.0720. The summed E-state index contributed by atoms with van der Waals surface area (Å²) in [6, 6.07) is 6.49. The molecule has 200 valence electrons. The van der Waals surface area contributed by atoms with Crippen molar-refractivity contribution < 1.29 is 22.7 Å². The highest BCUT2D eigenvalue weighted by Gasteiger charge is 2.24. The molecule has 0 fully saturated rings. The summed E-state index contributed by atoms with van der Waals surface area (Å²) in [5.74, 6) is 0.533. The fraction of sp³-hybridized carbons (Fsp3) is 0.320. The van der Waals surface area contributed by atoms with Crippen molar-refractivity contribution in [3.8, 4) is 28.3 Å². The number of halogens is 2. The number of hydrogen-bond donors (Lipinski definition) is 1. The van der Waals surface area contributed by atoms with Gasteiger partial charge in [-0.05, 0) is 31.2 Å². The van der Waals surface area contributed by atoms with Gasteiger partial charge >= 0.3 is 8.60 Å². The summed E-state index contributed by atoms with van der Waals surface area (Å²) in [5.41, 5.74) is 5.57. The lowest BCUT2D eigenvalue weighted by molar-refractivity contribution is 0.216. The van der Waals surface area contributed by atoms with Gasteiger partial charge in [-0.15, -0.1) is 0 Å². The number of aryl methyl sites for hydroxylation is 2. The van der Waals surface area contributed by atoms with Gasteiger partial charge in [-0.1, -0.05) is 11.6 Å². The maximum atomic E-state index is 14.4. The summed E-state index contributed by atoms with van der Waals surface area (Å²) in [6.07, 6.45) is 4.16. The fourth-order valence-corrected chi connectivity index (χ4v) is 5.26. The Morgan fingerprint density at radius 2 is 2.00 bits per heavy atom. The molecule has 0 spiro atoms. The number of pyridine rings is 1. The molecule has 4 aromatic rings. The van der Waals surface area contributed by atoms with E-state index in [9.17, 15) is 4.39 Å². The second-order valence-corrected chi connectivity index (χ2v) is 10.3. The third-order valence-corrected chi connectivity index (χ3v) is 7.35. The number of anilines is 1. The van der Waals surface area contributed by atoms with Crippen molar-refractivity contribution in [3.05, 3.63) is 64.3 Å². The van der Waals surface area contributed by atoms with Gasteiger partial charge < -0.3 is 19.1 Å². The molecule has 1 aliphatic rings. The lowest BCUT2D eigenvalue weighted by Gasteiger charge is -2.18. The molecule has 0 saturated heterocycles. The molecule has 13 heteroatoms. The van der Waals surface area contributed by atoms with Crippen LogP contribution in [0.4, 0.5) is 10.2 Å². The van der Waals surface area contributed by atoms with E-state index in [-0.39, 0.29) is 19.2 Å². The molecule has 0 unspecified atom stereocenters. The van der Waals surface area contributed by atoms with Crippen LogP contribution in [-0.2, 0) is 40.2 Å². The van der Waals surface area contributed by atoms with Crippen LogP contribution in [0.15, 0.2) is 36.7 Å². The van der Waals surface area contributed by atoms with Crippen LogP contribution >= 0.6 is 20.2 Å². The second kappa shape index (κ2) is 11.3.